The topological polar surface area (TPSA) is 88.2 Å². The molecule has 0 atom stereocenters. The van der Waals surface area contributed by atoms with E-state index in [0.717, 1.165) is 0 Å². The Balaban J connectivity index is 1.73. The van der Waals surface area contributed by atoms with E-state index in [0.29, 0.717) is 42.1 Å². The van der Waals surface area contributed by atoms with Gasteiger partial charge < -0.3 is 20.7 Å². The number of halogens is 1. The van der Waals surface area contributed by atoms with Crippen LogP contribution in [0.4, 0.5) is 16.4 Å². The zero-order chi connectivity index (χ0) is 16.5. The van der Waals surface area contributed by atoms with Gasteiger partial charge in [0.25, 0.3) is 0 Å². The number of amides is 2. The number of urea groups is 1. The van der Waals surface area contributed by atoms with Crippen molar-refractivity contribution in [2.24, 2.45) is 0 Å². The van der Waals surface area contributed by atoms with E-state index in [2.05, 4.69) is 25.9 Å². The fraction of sp³-hybridized carbons (Fsp3) is 0.267. The van der Waals surface area contributed by atoms with Crippen LogP contribution in [-0.4, -0.2) is 35.7 Å². The van der Waals surface area contributed by atoms with Gasteiger partial charge in [0, 0.05) is 31.2 Å². The third-order valence-corrected chi connectivity index (χ3v) is 3.04. The van der Waals surface area contributed by atoms with Crippen molar-refractivity contribution < 1.29 is 9.53 Å². The molecule has 0 bridgehead atoms. The average molecular weight is 336 g/mol. The van der Waals surface area contributed by atoms with Gasteiger partial charge in [-0.25, -0.2) is 14.8 Å². The highest BCUT2D eigenvalue weighted by atomic mass is 35.5. The third-order valence-electron chi connectivity index (χ3n) is 2.75. The van der Waals surface area contributed by atoms with Crippen LogP contribution in [0.3, 0.4) is 0 Å². The molecule has 8 heteroatoms. The number of hydrogen-bond donors (Lipinski definition) is 3. The standard InChI is InChI=1S/C15H18ClN5O2/c1-2-23-13-5-4-11(10-12(13)16)21-15(22)20-9-8-19-14-17-6-3-7-18-14/h3-7,10H,2,8-9H2,1H3,(H,17,18,19)(H2,20,21,22). The van der Waals surface area contributed by atoms with Crippen LogP contribution < -0.4 is 20.7 Å². The molecule has 0 aliphatic rings. The number of ether oxygens (including phenoxy) is 1. The monoisotopic (exact) mass is 335 g/mol. The van der Waals surface area contributed by atoms with Gasteiger partial charge in [0.15, 0.2) is 0 Å². The molecule has 122 valence electrons. The summed E-state index contributed by atoms with van der Waals surface area (Å²) >= 11 is 6.07. The Morgan fingerprint density at radius 3 is 2.74 bits per heavy atom. The molecule has 0 saturated carbocycles. The first kappa shape index (κ1) is 16.8. The minimum Gasteiger partial charge on any atom is -0.492 e. The predicted molar refractivity (Wildman–Crippen MR) is 90.2 cm³/mol. The van der Waals surface area contributed by atoms with E-state index in [1.54, 1.807) is 36.7 Å². The molecule has 2 amide bonds. The molecule has 3 N–H and O–H groups in total. The zero-order valence-corrected chi connectivity index (χ0v) is 13.4. The third kappa shape index (κ3) is 5.63. The molecule has 0 aliphatic heterocycles. The lowest BCUT2D eigenvalue weighted by molar-refractivity contribution is 0.252. The number of nitrogens with one attached hydrogen (secondary N) is 3. The average Bonchev–Trinajstić information content (AvgIpc) is 2.55. The summed E-state index contributed by atoms with van der Waals surface area (Å²) in [5.41, 5.74) is 0.593. The van der Waals surface area contributed by atoms with E-state index in [4.69, 9.17) is 16.3 Å². The van der Waals surface area contributed by atoms with E-state index in [1.165, 1.54) is 0 Å². The van der Waals surface area contributed by atoms with Gasteiger partial charge in [-0.3, -0.25) is 0 Å². The number of anilines is 2. The second-order valence-corrected chi connectivity index (χ2v) is 4.87. The number of benzene rings is 1. The molecule has 0 spiro atoms. The van der Waals surface area contributed by atoms with E-state index in [9.17, 15) is 4.79 Å². The maximum atomic E-state index is 11.8. The van der Waals surface area contributed by atoms with Crippen LogP contribution in [0.1, 0.15) is 6.92 Å². The molecule has 0 aliphatic carbocycles. The van der Waals surface area contributed by atoms with Gasteiger partial charge in [-0.05, 0) is 31.2 Å². The maximum Gasteiger partial charge on any atom is 0.319 e. The van der Waals surface area contributed by atoms with Crippen molar-refractivity contribution in [2.75, 3.05) is 30.3 Å². The van der Waals surface area contributed by atoms with Crippen molar-refractivity contribution in [2.45, 2.75) is 6.92 Å². The van der Waals surface area contributed by atoms with Crippen LogP contribution in [0.15, 0.2) is 36.7 Å². The number of nitrogens with zero attached hydrogens (tertiary/aromatic N) is 2. The van der Waals surface area contributed by atoms with Gasteiger partial charge in [-0.2, -0.15) is 0 Å². The van der Waals surface area contributed by atoms with Gasteiger partial charge in [0.1, 0.15) is 5.75 Å². The number of rotatable bonds is 7. The summed E-state index contributed by atoms with van der Waals surface area (Å²) in [6.45, 7) is 3.35. The van der Waals surface area contributed by atoms with E-state index >= 15 is 0 Å². The molecule has 0 saturated heterocycles. The Morgan fingerprint density at radius 2 is 2.04 bits per heavy atom. The van der Waals surface area contributed by atoms with Crippen LogP contribution in [-0.2, 0) is 0 Å². The zero-order valence-electron chi connectivity index (χ0n) is 12.7. The first-order valence-electron chi connectivity index (χ1n) is 7.17. The van der Waals surface area contributed by atoms with E-state index in [1.807, 2.05) is 6.92 Å². The lowest BCUT2D eigenvalue weighted by atomic mass is 10.3. The largest absolute Gasteiger partial charge is 0.492 e. The van der Waals surface area contributed by atoms with Crippen molar-refractivity contribution in [3.8, 4) is 5.75 Å². The van der Waals surface area contributed by atoms with E-state index < -0.39 is 0 Å². The summed E-state index contributed by atoms with van der Waals surface area (Å²) in [6.07, 6.45) is 3.29. The highest BCUT2D eigenvalue weighted by Crippen LogP contribution is 2.27. The maximum absolute atomic E-state index is 11.8. The van der Waals surface area contributed by atoms with Gasteiger partial charge in [-0.15, -0.1) is 0 Å². The highest BCUT2D eigenvalue weighted by molar-refractivity contribution is 6.32. The molecule has 1 aromatic heterocycles. The lowest BCUT2D eigenvalue weighted by Crippen LogP contribution is -2.32. The van der Waals surface area contributed by atoms with Crippen molar-refractivity contribution in [1.82, 2.24) is 15.3 Å². The van der Waals surface area contributed by atoms with Crippen LogP contribution >= 0.6 is 11.6 Å². The molecule has 1 aromatic carbocycles. The number of aromatic nitrogens is 2. The fourth-order valence-electron chi connectivity index (χ4n) is 1.77. The number of carbonyl (C=O) groups excluding carboxylic acids is 1. The van der Waals surface area contributed by atoms with Crippen LogP contribution in [0.5, 0.6) is 5.75 Å². The summed E-state index contributed by atoms with van der Waals surface area (Å²) in [5, 5.41) is 8.86. The Kier molecular flexibility index (Phi) is 6.43. The molecule has 0 radical (unpaired) electrons. The summed E-state index contributed by atoms with van der Waals surface area (Å²) < 4.78 is 5.34. The molecular weight excluding hydrogens is 318 g/mol. The minimum absolute atomic E-state index is 0.319. The lowest BCUT2D eigenvalue weighted by Gasteiger charge is -2.10. The molecule has 0 fully saturated rings. The Bertz CT molecular complexity index is 639. The molecular formula is C15H18ClN5O2. The Labute approximate surface area is 139 Å². The van der Waals surface area contributed by atoms with Crippen LogP contribution in [0.2, 0.25) is 5.02 Å². The molecule has 2 rings (SSSR count). The Hall–Kier alpha value is -2.54. The summed E-state index contributed by atoms with van der Waals surface area (Å²) in [6, 6.07) is 6.50. The minimum atomic E-state index is -0.319. The van der Waals surface area contributed by atoms with Gasteiger partial charge in [0.05, 0.1) is 11.6 Å². The fourth-order valence-corrected chi connectivity index (χ4v) is 2.00. The number of hydrogen-bond acceptors (Lipinski definition) is 5. The molecule has 0 unspecified atom stereocenters. The Morgan fingerprint density at radius 1 is 1.26 bits per heavy atom. The molecule has 23 heavy (non-hydrogen) atoms. The van der Waals surface area contributed by atoms with E-state index in [-0.39, 0.29) is 6.03 Å². The van der Waals surface area contributed by atoms with Crippen molar-refractivity contribution in [3.63, 3.8) is 0 Å². The molecule has 1 heterocycles. The van der Waals surface area contributed by atoms with Crippen LogP contribution in [0, 0.1) is 0 Å². The second-order valence-electron chi connectivity index (χ2n) is 4.46. The van der Waals surface area contributed by atoms with Gasteiger partial charge in [-0.1, -0.05) is 11.6 Å². The molecule has 7 nitrogen and oxygen atoms in total. The van der Waals surface area contributed by atoms with Crippen molar-refractivity contribution in [3.05, 3.63) is 41.7 Å². The SMILES string of the molecule is CCOc1ccc(NC(=O)NCCNc2ncccn2)cc1Cl. The predicted octanol–water partition coefficient (Wildman–Crippen LogP) is 2.76. The summed E-state index contributed by atoms with van der Waals surface area (Å²) in [5.74, 6) is 1.11. The quantitative estimate of drug-likeness (QED) is 0.677. The first-order valence-corrected chi connectivity index (χ1v) is 7.55. The summed E-state index contributed by atoms with van der Waals surface area (Å²) in [7, 11) is 0. The normalized spacial score (nSPS) is 10.0. The number of carbonyl (C=O) groups is 1. The second kappa shape index (κ2) is 8.79. The van der Waals surface area contributed by atoms with Crippen LogP contribution in [0.25, 0.3) is 0 Å². The van der Waals surface area contributed by atoms with Crippen molar-refractivity contribution in [1.29, 1.82) is 0 Å². The first-order chi connectivity index (χ1) is 11.2. The smallest absolute Gasteiger partial charge is 0.319 e. The summed E-state index contributed by atoms with van der Waals surface area (Å²) in [4.78, 5) is 19.8. The van der Waals surface area contributed by atoms with Gasteiger partial charge in [0.2, 0.25) is 5.95 Å². The highest BCUT2D eigenvalue weighted by Gasteiger charge is 2.05. The van der Waals surface area contributed by atoms with Crippen molar-refractivity contribution >= 4 is 29.3 Å². The molecule has 2 aromatic rings. The van der Waals surface area contributed by atoms with Gasteiger partial charge >= 0.3 is 6.03 Å².